The van der Waals surface area contributed by atoms with Gasteiger partial charge in [0.1, 0.15) is 11.2 Å². The fourth-order valence-electron chi connectivity index (χ4n) is 7.37. The summed E-state index contributed by atoms with van der Waals surface area (Å²) in [5.41, 5.74) is 9.82. The van der Waals surface area contributed by atoms with E-state index >= 15 is 0 Å². The first kappa shape index (κ1) is 27.9. The Bertz CT molecular complexity index is 2840. The maximum Gasteiger partial charge on any atom is 0.137 e. The van der Waals surface area contributed by atoms with Crippen LogP contribution in [0.15, 0.2) is 180 Å². The van der Waals surface area contributed by atoms with Crippen LogP contribution in [0.1, 0.15) is 0 Å². The average molecular weight is 644 g/mol. The molecule has 0 atom stereocenters. The topological polar surface area (TPSA) is 16.4 Å². The monoisotopic (exact) mass is 643 g/mol. The molecule has 2 aromatic heterocycles. The number of nitrogens with zero attached hydrogens (tertiary/aromatic N) is 1. The first-order valence-corrected chi connectivity index (χ1v) is 17.4. The van der Waals surface area contributed by atoms with Crippen LogP contribution in [0.2, 0.25) is 0 Å². The number of thiophene rings is 1. The van der Waals surface area contributed by atoms with E-state index in [1.54, 1.807) is 0 Å². The Hall–Kier alpha value is -6.16. The molecule has 0 aliphatic rings. The zero-order valence-corrected chi connectivity index (χ0v) is 27.3. The van der Waals surface area contributed by atoms with E-state index in [0.29, 0.717) is 0 Å². The third-order valence-corrected chi connectivity index (χ3v) is 10.8. The Kier molecular flexibility index (Phi) is 6.39. The molecule has 2 heterocycles. The summed E-state index contributed by atoms with van der Waals surface area (Å²) in [6.45, 7) is 0. The summed E-state index contributed by atoms with van der Waals surface area (Å²) in [5.74, 6) is 0. The number of hydrogen-bond acceptors (Lipinski definition) is 3. The van der Waals surface area contributed by atoms with Crippen LogP contribution in [-0.4, -0.2) is 0 Å². The van der Waals surface area contributed by atoms with Crippen molar-refractivity contribution < 1.29 is 4.42 Å². The van der Waals surface area contributed by atoms with E-state index in [1.165, 1.54) is 53.2 Å². The highest BCUT2D eigenvalue weighted by atomic mass is 32.1. The zero-order valence-electron chi connectivity index (χ0n) is 26.5. The Morgan fingerprint density at radius 2 is 1.10 bits per heavy atom. The van der Waals surface area contributed by atoms with Crippen LogP contribution in [0.25, 0.3) is 75.1 Å². The summed E-state index contributed by atoms with van der Waals surface area (Å²) >= 11 is 1.86. The van der Waals surface area contributed by atoms with E-state index in [-0.39, 0.29) is 0 Å². The number of fused-ring (bicyclic) bond motifs is 7. The molecule has 0 N–H and O–H groups in total. The smallest absolute Gasteiger partial charge is 0.137 e. The van der Waals surface area contributed by atoms with Gasteiger partial charge in [0.05, 0.1) is 11.1 Å². The van der Waals surface area contributed by atoms with Gasteiger partial charge in [-0.3, -0.25) is 0 Å². The van der Waals surface area contributed by atoms with E-state index in [2.05, 4.69) is 169 Å². The van der Waals surface area contributed by atoms with Gasteiger partial charge in [-0.2, -0.15) is 0 Å². The molecule has 0 saturated carbocycles. The lowest BCUT2D eigenvalue weighted by atomic mass is 9.97. The molecule has 0 amide bonds. The Morgan fingerprint density at radius 1 is 0.408 bits per heavy atom. The first-order chi connectivity index (χ1) is 24.3. The van der Waals surface area contributed by atoms with Crippen LogP contribution in [0.3, 0.4) is 0 Å². The molecule has 0 aliphatic carbocycles. The number of hydrogen-bond donors (Lipinski definition) is 0. The normalized spacial score (nSPS) is 11.7. The third-order valence-electron chi connectivity index (χ3n) is 9.66. The minimum atomic E-state index is 0.877. The standard InChI is InChI=1S/C46H29NOS/c1-2-14-36-31(10-1)11-8-17-37(36)33-12-7-13-35(28-33)47(41-18-9-20-43-46(41)39-16-3-5-19-42(39)48-43)34-25-22-30(23-26-34)32-24-27-45-40(29-32)38-15-4-6-21-44(38)49-45/h1-29H. The summed E-state index contributed by atoms with van der Waals surface area (Å²) < 4.78 is 9.01. The van der Waals surface area contributed by atoms with Crippen molar-refractivity contribution in [3.8, 4) is 22.3 Å². The van der Waals surface area contributed by atoms with E-state index in [4.69, 9.17) is 4.42 Å². The number of anilines is 3. The highest BCUT2D eigenvalue weighted by Crippen LogP contribution is 2.44. The second-order valence-electron chi connectivity index (χ2n) is 12.5. The molecule has 0 saturated heterocycles. The molecule has 10 aromatic rings. The molecule has 0 radical (unpaired) electrons. The molecular weight excluding hydrogens is 615 g/mol. The Labute approximate surface area is 287 Å². The molecular formula is C46H29NOS. The van der Waals surface area contributed by atoms with Crippen molar-refractivity contribution in [2.75, 3.05) is 4.90 Å². The molecule has 2 nitrogen and oxygen atoms in total. The summed E-state index contributed by atoms with van der Waals surface area (Å²) in [5, 5.41) is 7.33. The lowest BCUT2D eigenvalue weighted by Gasteiger charge is -2.27. The van der Waals surface area contributed by atoms with Gasteiger partial charge in [0.25, 0.3) is 0 Å². The average Bonchev–Trinajstić information content (AvgIpc) is 3.74. The maximum absolute atomic E-state index is 6.37. The Morgan fingerprint density at radius 3 is 2.02 bits per heavy atom. The number of furan rings is 1. The van der Waals surface area contributed by atoms with Crippen molar-refractivity contribution in [1.29, 1.82) is 0 Å². The molecule has 0 bridgehead atoms. The summed E-state index contributed by atoms with van der Waals surface area (Å²) in [6.07, 6.45) is 0. The molecule has 10 rings (SSSR count). The van der Waals surface area contributed by atoms with Crippen LogP contribution < -0.4 is 4.90 Å². The van der Waals surface area contributed by atoms with Gasteiger partial charge in [-0.15, -0.1) is 11.3 Å². The van der Waals surface area contributed by atoms with E-state index in [0.717, 1.165) is 39.0 Å². The molecule has 0 aliphatic heterocycles. The van der Waals surface area contributed by atoms with Gasteiger partial charge < -0.3 is 9.32 Å². The third kappa shape index (κ3) is 4.62. The molecule has 230 valence electrons. The molecule has 0 fully saturated rings. The van der Waals surface area contributed by atoms with E-state index < -0.39 is 0 Å². The van der Waals surface area contributed by atoms with Crippen molar-refractivity contribution in [2.45, 2.75) is 0 Å². The minimum absolute atomic E-state index is 0.877. The molecule has 8 aromatic carbocycles. The van der Waals surface area contributed by atoms with Gasteiger partial charge in [-0.25, -0.2) is 0 Å². The van der Waals surface area contributed by atoms with Crippen molar-refractivity contribution in [3.63, 3.8) is 0 Å². The fraction of sp³-hybridized carbons (Fsp3) is 0. The van der Waals surface area contributed by atoms with Gasteiger partial charge in [0.15, 0.2) is 0 Å². The molecule has 3 heteroatoms. The second-order valence-corrected chi connectivity index (χ2v) is 13.6. The predicted molar refractivity (Wildman–Crippen MR) is 210 cm³/mol. The summed E-state index contributed by atoms with van der Waals surface area (Å²) in [4.78, 5) is 2.37. The Balaban J connectivity index is 1.15. The highest BCUT2D eigenvalue weighted by Gasteiger charge is 2.20. The van der Waals surface area contributed by atoms with Crippen molar-refractivity contribution in [2.24, 2.45) is 0 Å². The SMILES string of the molecule is c1cc(-c2cccc3ccccc23)cc(N(c2ccc(-c3ccc4sc5ccccc5c4c3)cc2)c2cccc3oc4ccccc4c23)c1. The van der Waals surface area contributed by atoms with Gasteiger partial charge in [0, 0.05) is 36.9 Å². The van der Waals surface area contributed by atoms with Gasteiger partial charge in [-0.1, -0.05) is 115 Å². The van der Waals surface area contributed by atoms with Crippen LogP contribution in [0.4, 0.5) is 17.1 Å². The number of para-hydroxylation sites is 1. The predicted octanol–water partition coefficient (Wildman–Crippen LogP) is 13.9. The molecule has 0 spiro atoms. The van der Waals surface area contributed by atoms with Crippen LogP contribution >= 0.6 is 11.3 Å². The fourth-order valence-corrected chi connectivity index (χ4v) is 8.45. The van der Waals surface area contributed by atoms with E-state index in [1.807, 2.05) is 23.5 Å². The van der Waals surface area contributed by atoms with Crippen LogP contribution in [0.5, 0.6) is 0 Å². The largest absolute Gasteiger partial charge is 0.456 e. The van der Waals surface area contributed by atoms with Gasteiger partial charge in [-0.05, 0) is 93.7 Å². The quantitative estimate of drug-likeness (QED) is 0.186. The lowest BCUT2D eigenvalue weighted by molar-refractivity contribution is 0.669. The van der Waals surface area contributed by atoms with Gasteiger partial charge in [0.2, 0.25) is 0 Å². The van der Waals surface area contributed by atoms with Crippen LogP contribution in [0, 0.1) is 0 Å². The molecule has 49 heavy (non-hydrogen) atoms. The zero-order chi connectivity index (χ0) is 32.3. The van der Waals surface area contributed by atoms with Crippen molar-refractivity contribution >= 4 is 81.3 Å². The van der Waals surface area contributed by atoms with E-state index in [9.17, 15) is 0 Å². The lowest BCUT2D eigenvalue weighted by Crippen LogP contribution is -2.10. The first-order valence-electron chi connectivity index (χ1n) is 16.6. The number of rotatable bonds is 5. The second kappa shape index (κ2) is 11.2. The summed E-state index contributed by atoms with van der Waals surface area (Å²) in [7, 11) is 0. The highest BCUT2D eigenvalue weighted by molar-refractivity contribution is 7.25. The number of benzene rings is 8. The van der Waals surface area contributed by atoms with Crippen LogP contribution in [-0.2, 0) is 0 Å². The molecule has 0 unspecified atom stereocenters. The van der Waals surface area contributed by atoms with Gasteiger partial charge >= 0.3 is 0 Å². The summed E-state index contributed by atoms with van der Waals surface area (Å²) in [6, 6.07) is 63.3. The maximum atomic E-state index is 6.37. The minimum Gasteiger partial charge on any atom is -0.456 e. The van der Waals surface area contributed by atoms with Crippen molar-refractivity contribution in [3.05, 3.63) is 176 Å². The van der Waals surface area contributed by atoms with Crippen molar-refractivity contribution in [1.82, 2.24) is 0 Å².